The highest BCUT2D eigenvalue weighted by Crippen LogP contribution is 2.30. The Hall–Kier alpha value is -1.27. The van der Waals surface area contributed by atoms with Crippen LogP contribution in [0.5, 0.6) is 0 Å². The lowest BCUT2D eigenvalue weighted by Gasteiger charge is -2.16. The maximum atomic E-state index is 14.0. The van der Waals surface area contributed by atoms with Crippen LogP contribution in [0.4, 0.5) is 4.39 Å². The lowest BCUT2D eigenvalue weighted by Crippen LogP contribution is -2.25. The fourth-order valence-corrected chi connectivity index (χ4v) is 3.05. The maximum Gasteiger partial charge on any atom is 0.137 e. The quantitative estimate of drug-likeness (QED) is 0.859. The Morgan fingerprint density at radius 2 is 2.25 bits per heavy atom. The molecule has 2 aromatic rings. The summed E-state index contributed by atoms with van der Waals surface area (Å²) in [5.41, 5.74) is 0.830. The summed E-state index contributed by atoms with van der Waals surface area (Å²) in [7, 11) is 0. The van der Waals surface area contributed by atoms with Crippen molar-refractivity contribution in [2.75, 3.05) is 19.6 Å². The van der Waals surface area contributed by atoms with E-state index in [1.54, 1.807) is 18.7 Å². The summed E-state index contributed by atoms with van der Waals surface area (Å²) < 4.78 is 16.6. The number of benzene rings is 1. The molecule has 1 atom stereocenters. The van der Waals surface area contributed by atoms with Crippen molar-refractivity contribution in [1.82, 2.24) is 19.7 Å². The molecule has 4 nitrogen and oxygen atoms in total. The molecule has 1 saturated heterocycles. The van der Waals surface area contributed by atoms with E-state index >= 15 is 0 Å². The Morgan fingerprint density at radius 3 is 3.00 bits per heavy atom. The summed E-state index contributed by atoms with van der Waals surface area (Å²) in [6.45, 7) is 3.68. The average molecular weight is 339 g/mol. The van der Waals surface area contributed by atoms with Crippen molar-refractivity contribution in [3.05, 3.63) is 46.7 Å². The molecule has 1 aliphatic rings. The van der Waals surface area contributed by atoms with E-state index in [4.69, 9.17) is 0 Å². The van der Waals surface area contributed by atoms with Crippen LogP contribution in [0, 0.1) is 5.82 Å². The number of halogens is 2. The molecule has 0 aliphatic carbocycles. The summed E-state index contributed by atoms with van der Waals surface area (Å²) in [6, 6.07) is 5.36. The minimum absolute atomic E-state index is 0.109. The number of nitrogens with zero attached hydrogens (tertiary/aromatic N) is 4. The Kier molecular flexibility index (Phi) is 4.12. The van der Waals surface area contributed by atoms with Crippen LogP contribution in [-0.2, 0) is 6.54 Å². The molecule has 0 amide bonds. The Morgan fingerprint density at radius 1 is 1.35 bits per heavy atom. The normalized spacial score (nSPS) is 19.6. The van der Waals surface area contributed by atoms with Crippen molar-refractivity contribution in [3.63, 3.8) is 0 Å². The molecule has 0 N–H and O–H groups in total. The molecule has 1 aliphatic heterocycles. The lowest BCUT2D eigenvalue weighted by atomic mass is 9.98. The van der Waals surface area contributed by atoms with Crippen molar-refractivity contribution in [1.29, 1.82) is 0 Å². The minimum Gasteiger partial charge on any atom is -0.301 e. The van der Waals surface area contributed by atoms with Gasteiger partial charge in [0.15, 0.2) is 0 Å². The van der Waals surface area contributed by atoms with Crippen molar-refractivity contribution < 1.29 is 4.39 Å². The molecule has 0 saturated carbocycles. The largest absolute Gasteiger partial charge is 0.301 e. The smallest absolute Gasteiger partial charge is 0.137 e. The zero-order chi connectivity index (χ0) is 13.9. The van der Waals surface area contributed by atoms with E-state index in [2.05, 4.69) is 30.9 Å². The van der Waals surface area contributed by atoms with Gasteiger partial charge in [-0.1, -0.05) is 22.0 Å². The molecule has 1 unspecified atom stereocenters. The van der Waals surface area contributed by atoms with Gasteiger partial charge in [0.25, 0.3) is 0 Å². The first-order valence-electron chi connectivity index (χ1n) is 6.72. The Labute approximate surface area is 125 Å². The molecule has 0 bridgehead atoms. The molecule has 1 aromatic heterocycles. The third-order valence-corrected chi connectivity index (χ3v) is 4.28. The standard InChI is InChI=1S/C14H16BrFN4/c15-12-1-2-13(14(16)7-12)11-3-4-19(8-11)5-6-20-10-17-9-18-20/h1-2,7,9-11H,3-6,8H2. The van der Waals surface area contributed by atoms with Crippen molar-refractivity contribution in [3.8, 4) is 0 Å². The molecule has 1 aromatic carbocycles. The number of hydrogen-bond donors (Lipinski definition) is 0. The van der Waals surface area contributed by atoms with E-state index in [1.165, 1.54) is 0 Å². The van der Waals surface area contributed by atoms with E-state index < -0.39 is 0 Å². The van der Waals surface area contributed by atoms with E-state index in [9.17, 15) is 4.39 Å². The fraction of sp³-hybridized carbons (Fsp3) is 0.429. The Bertz CT molecular complexity index is 573. The third kappa shape index (κ3) is 3.07. The van der Waals surface area contributed by atoms with Crippen molar-refractivity contribution in [2.45, 2.75) is 18.9 Å². The Balaban J connectivity index is 1.59. The first-order valence-corrected chi connectivity index (χ1v) is 7.51. The summed E-state index contributed by atoms with van der Waals surface area (Å²) >= 11 is 3.30. The molecular formula is C14H16BrFN4. The topological polar surface area (TPSA) is 34.0 Å². The van der Waals surface area contributed by atoms with Gasteiger partial charge in [0.1, 0.15) is 18.5 Å². The zero-order valence-corrected chi connectivity index (χ0v) is 12.6. The second-order valence-corrected chi connectivity index (χ2v) is 6.03. The molecule has 0 spiro atoms. The first kappa shape index (κ1) is 13.7. The van der Waals surface area contributed by atoms with Crippen LogP contribution < -0.4 is 0 Å². The molecule has 6 heteroatoms. The highest BCUT2D eigenvalue weighted by molar-refractivity contribution is 9.10. The molecule has 106 valence electrons. The van der Waals surface area contributed by atoms with Crippen LogP contribution in [0.25, 0.3) is 0 Å². The minimum atomic E-state index is -0.109. The lowest BCUT2D eigenvalue weighted by molar-refractivity contribution is 0.311. The predicted molar refractivity (Wildman–Crippen MR) is 77.9 cm³/mol. The van der Waals surface area contributed by atoms with Crippen LogP contribution in [0.2, 0.25) is 0 Å². The number of aromatic nitrogens is 3. The van der Waals surface area contributed by atoms with Crippen LogP contribution in [0.1, 0.15) is 17.9 Å². The van der Waals surface area contributed by atoms with Crippen LogP contribution in [0.3, 0.4) is 0 Å². The van der Waals surface area contributed by atoms with Gasteiger partial charge in [-0.3, -0.25) is 4.68 Å². The van der Waals surface area contributed by atoms with E-state index in [0.717, 1.165) is 42.6 Å². The van der Waals surface area contributed by atoms with Gasteiger partial charge in [-0.25, -0.2) is 9.37 Å². The van der Waals surface area contributed by atoms with Crippen molar-refractivity contribution in [2.24, 2.45) is 0 Å². The third-order valence-electron chi connectivity index (χ3n) is 3.79. The van der Waals surface area contributed by atoms with Gasteiger partial charge >= 0.3 is 0 Å². The van der Waals surface area contributed by atoms with Gasteiger partial charge < -0.3 is 4.90 Å². The summed E-state index contributed by atoms with van der Waals surface area (Å²) in [4.78, 5) is 6.28. The van der Waals surface area contributed by atoms with Crippen LogP contribution in [0.15, 0.2) is 35.3 Å². The molecule has 0 radical (unpaired) electrons. The van der Waals surface area contributed by atoms with Gasteiger partial charge in [0.2, 0.25) is 0 Å². The summed E-state index contributed by atoms with van der Waals surface area (Å²) in [6.07, 6.45) is 4.28. The molecule has 1 fully saturated rings. The monoisotopic (exact) mass is 338 g/mol. The van der Waals surface area contributed by atoms with Crippen LogP contribution >= 0.6 is 15.9 Å². The summed E-state index contributed by atoms with van der Waals surface area (Å²) in [5.74, 6) is 0.182. The number of hydrogen-bond acceptors (Lipinski definition) is 3. The molecular weight excluding hydrogens is 323 g/mol. The fourth-order valence-electron chi connectivity index (χ4n) is 2.71. The SMILES string of the molecule is Fc1cc(Br)ccc1C1CCN(CCn2cncn2)C1. The second-order valence-electron chi connectivity index (χ2n) is 5.11. The zero-order valence-electron chi connectivity index (χ0n) is 11.0. The van der Waals surface area contributed by atoms with E-state index in [-0.39, 0.29) is 5.82 Å². The van der Waals surface area contributed by atoms with Gasteiger partial charge in [-0.2, -0.15) is 5.10 Å². The maximum absolute atomic E-state index is 14.0. The van der Waals surface area contributed by atoms with Gasteiger partial charge in [0, 0.05) is 23.5 Å². The van der Waals surface area contributed by atoms with E-state index in [0.29, 0.717) is 5.92 Å². The second kappa shape index (κ2) is 6.01. The van der Waals surface area contributed by atoms with Gasteiger partial charge in [-0.15, -0.1) is 0 Å². The molecule has 20 heavy (non-hydrogen) atoms. The average Bonchev–Trinajstić information content (AvgIpc) is 3.07. The highest BCUT2D eigenvalue weighted by atomic mass is 79.9. The highest BCUT2D eigenvalue weighted by Gasteiger charge is 2.25. The number of rotatable bonds is 4. The first-order chi connectivity index (χ1) is 9.72. The predicted octanol–water partition coefficient (Wildman–Crippen LogP) is 2.67. The van der Waals surface area contributed by atoms with Crippen LogP contribution in [-0.4, -0.2) is 39.3 Å². The van der Waals surface area contributed by atoms with E-state index in [1.807, 2.05) is 16.8 Å². The van der Waals surface area contributed by atoms with Gasteiger partial charge in [-0.05, 0) is 30.7 Å². The molecule has 3 rings (SSSR count). The van der Waals surface area contributed by atoms with Gasteiger partial charge in [0.05, 0.1) is 6.54 Å². The molecule has 2 heterocycles. The summed E-state index contributed by atoms with van der Waals surface area (Å²) in [5, 5.41) is 4.09. The number of likely N-dealkylation sites (tertiary alicyclic amines) is 1. The van der Waals surface area contributed by atoms with Crippen molar-refractivity contribution >= 4 is 15.9 Å².